The van der Waals surface area contributed by atoms with E-state index >= 15 is 0 Å². The fourth-order valence-corrected chi connectivity index (χ4v) is 8.85. The summed E-state index contributed by atoms with van der Waals surface area (Å²) in [4.78, 5) is 15.2. The lowest BCUT2D eigenvalue weighted by Crippen LogP contribution is -2.00. The highest BCUT2D eigenvalue weighted by molar-refractivity contribution is 7.25. The minimum absolute atomic E-state index is 0.564. The van der Waals surface area contributed by atoms with Crippen LogP contribution in [0.15, 0.2) is 180 Å². The number of thiophene rings is 1. The number of aromatic nitrogens is 3. The highest BCUT2D eigenvalue weighted by atomic mass is 32.1. The molecular formula is C49H29N3OS. The van der Waals surface area contributed by atoms with Crippen LogP contribution in [0.4, 0.5) is 0 Å². The molecule has 0 amide bonds. The van der Waals surface area contributed by atoms with E-state index in [4.69, 9.17) is 19.4 Å². The monoisotopic (exact) mass is 707 g/mol. The number of para-hydroxylation sites is 2. The lowest BCUT2D eigenvalue weighted by Gasteiger charge is -2.09. The summed E-state index contributed by atoms with van der Waals surface area (Å²) in [6, 6.07) is 61.5. The summed E-state index contributed by atoms with van der Waals surface area (Å²) in [5, 5.41) is 7.09. The van der Waals surface area contributed by atoms with Gasteiger partial charge in [-0.2, -0.15) is 0 Å². The second-order valence-electron chi connectivity index (χ2n) is 13.6. The number of furan rings is 1. The first-order chi connectivity index (χ1) is 26.7. The lowest BCUT2D eigenvalue weighted by atomic mass is 9.95. The third kappa shape index (κ3) is 5.01. The second-order valence-corrected chi connectivity index (χ2v) is 14.6. The molecule has 0 N–H and O–H groups in total. The molecule has 0 aliphatic carbocycles. The number of hydrogen-bond acceptors (Lipinski definition) is 5. The molecule has 0 aliphatic heterocycles. The van der Waals surface area contributed by atoms with Crippen molar-refractivity contribution in [1.29, 1.82) is 0 Å². The Kier molecular flexibility index (Phi) is 7.00. The van der Waals surface area contributed by atoms with Gasteiger partial charge in [0.1, 0.15) is 11.2 Å². The summed E-state index contributed by atoms with van der Waals surface area (Å²) >= 11 is 1.84. The molecule has 8 aromatic carbocycles. The standard InChI is InChI=1S/C49H29N3OS/c1-3-12-30(13-4-1)31-24-26-33(27-25-31)48-50-47(32-14-5-2-6-15-32)51-49(52-48)40-22-11-21-39-38-20-10-19-37(45(38)53-46(39)40)35-18-9-16-34-28-42-36-17-7-8-23-43(36)54-44(42)29-41(34)35/h1-29H. The van der Waals surface area contributed by atoms with Gasteiger partial charge < -0.3 is 4.42 Å². The number of nitrogens with zero attached hydrogens (tertiary/aromatic N) is 3. The van der Waals surface area contributed by atoms with Gasteiger partial charge in [-0.3, -0.25) is 0 Å². The van der Waals surface area contributed by atoms with Gasteiger partial charge >= 0.3 is 0 Å². The SMILES string of the molecule is c1ccc(-c2ccc(-c3nc(-c4ccccc4)nc(-c4cccc5c4oc4c(-c6cccc7cc8c(cc67)sc6ccccc68)cccc45)n3)cc2)cc1. The first kappa shape index (κ1) is 30.7. The van der Waals surface area contributed by atoms with Crippen LogP contribution in [0.25, 0.3) is 109 Å². The molecule has 11 aromatic rings. The maximum Gasteiger partial charge on any atom is 0.167 e. The number of hydrogen-bond donors (Lipinski definition) is 0. The molecule has 3 aromatic heterocycles. The van der Waals surface area contributed by atoms with E-state index in [2.05, 4.69) is 133 Å². The third-order valence-electron chi connectivity index (χ3n) is 10.4. The van der Waals surface area contributed by atoms with Crippen LogP contribution in [0.2, 0.25) is 0 Å². The molecule has 0 radical (unpaired) electrons. The van der Waals surface area contributed by atoms with Gasteiger partial charge in [0.2, 0.25) is 0 Å². The van der Waals surface area contributed by atoms with Crippen molar-refractivity contribution in [3.63, 3.8) is 0 Å². The molecule has 0 aliphatic rings. The summed E-state index contributed by atoms with van der Waals surface area (Å²) in [6.07, 6.45) is 0. The molecule has 0 bridgehead atoms. The summed E-state index contributed by atoms with van der Waals surface area (Å²) in [6.45, 7) is 0. The van der Waals surface area contributed by atoms with E-state index < -0.39 is 0 Å². The highest BCUT2D eigenvalue weighted by Gasteiger charge is 2.20. The van der Waals surface area contributed by atoms with E-state index in [-0.39, 0.29) is 0 Å². The molecule has 5 heteroatoms. The largest absolute Gasteiger partial charge is 0.455 e. The third-order valence-corrected chi connectivity index (χ3v) is 11.5. The molecule has 0 saturated heterocycles. The highest BCUT2D eigenvalue weighted by Crippen LogP contribution is 2.43. The zero-order valence-corrected chi connectivity index (χ0v) is 29.7. The van der Waals surface area contributed by atoms with Crippen LogP contribution >= 0.6 is 11.3 Å². The number of benzene rings is 8. The van der Waals surface area contributed by atoms with Gasteiger partial charge in [0, 0.05) is 47.6 Å². The van der Waals surface area contributed by atoms with E-state index in [1.54, 1.807) is 0 Å². The average molecular weight is 708 g/mol. The van der Waals surface area contributed by atoms with Crippen LogP contribution in [0.1, 0.15) is 0 Å². The Morgan fingerprint density at radius 1 is 0.333 bits per heavy atom. The summed E-state index contributed by atoms with van der Waals surface area (Å²) in [5.74, 6) is 1.78. The van der Waals surface area contributed by atoms with Crippen LogP contribution in [-0.4, -0.2) is 15.0 Å². The topological polar surface area (TPSA) is 51.8 Å². The van der Waals surface area contributed by atoms with Gasteiger partial charge in [0.25, 0.3) is 0 Å². The van der Waals surface area contributed by atoms with E-state index in [1.165, 1.54) is 30.9 Å². The Morgan fingerprint density at radius 2 is 0.870 bits per heavy atom. The molecular weight excluding hydrogens is 679 g/mol. The van der Waals surface area contributed by atoms with E-state index in [9.17, 15) is 0 Å². The van der Waals surface area contributed by atoms with Crippen LogP contribution in [0.5, 0.6) is 0 Å². The molecule has 54 heavy (non-hydrogen) atoms. The van der Waals surface area contributed by atoms with Gasteiger partial charge in [-0.05, 0) is 51.7 Å². The Labute approximate surface area is 314 Å². The van der Waals surface area contributed by atoms with Crippen molar-refractivity contribution in [3.8, 4) is 56.4 Å². The van der Waals surface area contributed by atoms with Crippen molar-refractivity contribution in [2.45, 2.75) is 0 Å². The minimum Gasteiger partial charge on any atom is -0.455 e. The molecule has 252 valence electrons. The predicted octanol–water partition coefficient (Wildman–Crippen LogP) is 13.6. The molecule has 3 heterocycles. The van der Waals surface area contributed by atoms with Crippen molar-refractivity contribution < 1.29 is 4.42 Å². The molecule has 11 rings (SSSR count). The molecule has 0 spiro atoms. The first-order valence-electron chi connectivity index (χ1n) is 18.0. The Balaban J connectivity index is 1.09. The summed E-state index contributed by atoms with van der Waals surface area (Å²) in [5.41, 5.74) is 8.76. The average Bonchev–Trinajstić information content (AvgIpc) is 3.81. The summed E-state index contributed by atoms with van der Waals surface area (Å²) < 4.78 is 9.55. The fourth-order valence-electron chi connectivity index (χ4n) is 7.72. The molecule has 0 saturated carbocycles. The van der Waals surface area contributed by atoms with Crippen molar-refractivity contribution >= 4 is 64.2 Å². The second kappa shape index (κ2) is 12.3. The van der Waals surface area contributed by atoms with E-state index in [1.807, 2.05) is 53.8 Å². The maximum atomic E-state index is 6.97. The summed E-state index contributed by atoms with van der Waals surface area (Å²) in [7, 11) is 0. The van der Waals surface area contributed by atoms with Crippen LogP contribution in [0, 0.1) is 0 Å². The minimum atomic E-state index is 0.564. The smallest absolute Gasteiger partial charge is 0.167 e. The maximum absolute atomic E-state index is 6.97. The molecule has 0 fully saturated rings. The van der Waals surface area contributed by atoms with Gasteiger partial charge in [-0.1, -0.05) is 152 Å². The van der Waals surface area contributed by atoms with E-state index in [0.29, 0.717) is 17.5 Å². The van der Waals surface area contributed by atoms with Gasteiger partial charge in [0.15, 0.2) is 17.5 Å². The van der Waals surface area contributed by atoms with Crippen LogP contribution in [-0.2, 0) is 0 Å². The van der Waals surface area contributed by atoms with Crippen molar-refractivity contribution in [2.75, 3.05) is 0 Å². The van der Waals surface area contributed by atoms with Crippen molar-refractivity contribution in [2.24, 2.45) is 0 Å². The number of rotatable bonds is 5. The normalized spacial score (nSPS) is 11.7. The quantitative estimate of drug-likeness (QED) is 0.179. The fraction of sp³-hybridized carbons (Fsp3) is 0. The van der Waals surface area contributed by atoms with Crippen molar-refractivity contribution in [3.05, 3.63) is 176 Å². The van der Waals surface area contributed by atoms with E-state index in [0.717, 1.165) is 60.9 Å². The zero-order valence-electron chi connectivity index (χ0n) is 28.9. The zero-order chi connectivity index (χ0) is 35.6. The van der Waals surface area contributed by atoms with Gasteiger partial charge in [0.05, 0.1) is 5.56 Å². The van der Waals surface area contributed by atoms with Crippen LogP contribution < -0.4 is 0 Å². The molecule has 0 unspecified atom stereocenters. The predicted molar refractivity (Wildman–Crippen MR) is 225 cm³/mol. The van der Waals surface area contributed by atoms with Gasteiger partial charge in [-0.25, -0.2) is 15.0 Å². The van der Waals surface area contributed by atoms with Crippen molar-refractivity contribution in [1.82, 2.24) is 15.0 Å². The van der Waals surface area contributed by atoms with Crippen LogP contribution in [0.3, 0.4) is 0 Å². The number of fused-ring (bicyclic) bond motifs is 7. The Morgan fingerprint density at radius 3 is 1.63 bits per heavy atom. The lowest BCUT2D eigenvalue weighted by molar-refractivity contribution is 0.670. The molecule has 4 nitrogen and oxygen atoms in total. The van der Waals surface area contributed by atoms with Gasteiger partial charge in [-0.15, -0.1) is 11.3 Å². The first-order valence-corrected chi connectivity index (χ1v) is 18.8. The molecule has 0 atom stereocenters. The Hall–Kier alpha value is -6.95. The Bertz CT molecular complexity index is 3200.